The maximum Gasteiger partial charge on any atom is 0.319 e. The number of para-hydroxylation sites is 1. The summed E-state index contributed by atoms with van der Waals surface area (Å²) < 4.78 is 1.55. The van der Waals surface area contributed by atoms with Crippen LogP contribution >= 0.6 is 0 Å². The van der Waals surface area contributed by atoms with Gasteiger partial charge in [0, 0.05) is 7.05 Å². The Hall–Kier alpha value is -2.50. The van der Waals surface area contributed by atoms with E-state index in [-0.39, 0.29) is 11.2 Å². The molecule has 2 amide bonds. The SMILES string of the molecule is CNC(=O)Nc1cn(-c2ccccc2)[nH]c1=O. The van der Waals surface area contributed by atoms with Gasteiger partial charge in [-0.3, -0.25) is 14.6 Å². The largest absolute Gasteiger partial charge is 0.341 e. The summed E-state index contributed by atoms with van der Waals surface area (Å²) in [6.07, 6.45) is 1.53. The number of hydrogen-bond acceptors (Lipinski definition) is 2. The van der Waals surface area contributed by atoms with Crippen molar-refractivity contribution in [2.24, 2.45) is 0 Å². The molecule has 0 spiro atoms. The fourth-order valence-electron chi connectivity index (χ4n) is 1.39. The van der Waals surface area contributed by atoms with Gasteiger partial charge in [0.05, 0.1) is 11.9 Å². The van der Waals surface area contributed by atoms with Gasteiger partial charge < -0.3 is 10.6 Å². The van der Waals surface area contributed by atoms with Crippen LogP contribution in [0.5, 0.6) is 0 Å². The topological polar surface area (TPSA) is 78.9 Å². The molecule has 2 aromatic rings. The third-order valence-corrected chi connectivity index (χ3v) is 2.23. The van der Waals surface area contributed by atoms with E-state index in [1.165, 1.54) is 13.2 Å². The van der Waals surface area contributed by atoms with Crippen LogP contribution in [0.15, 0.2) is 41.3 Å². The monoisotopic (exact) mass is 232 g/mol. The number of hydrogen-bond donors (Lipinski definition) is 3. The Bertz CT molecular complexity index is 571. The molecule has 0 fully saturated rings. The number of urea groups is 1. The van der Waals surface area contributed by atoms with E-state index < -0.39 is 6.03 Å². The minimum absolute atomic E-state index is 0.202. The lowest BCUT2D eigenvalue weighted by Gasteiger charge is -2.00. The van der Waals surface area contributed by atoms with Crippen LogP contribution in [0.1, 0.15) is 0 Å². The molecular formula is C11H12N4O2. The summed E-state index contributed by atoms with van der Waals surface area (Å²) in [6, 6.07) is 8.87. The van der Waals surface area contributed by atoms with Gasteiger partial charge in [-0.25, -0.2) is 4.79 Å². The average Bonchev–Trinajstić information content (AvgIpc) is 2.72. The summed E-state index contributed by atoms with van der Waals surface area (Å²) in [7, 11) is 1.48. The Balaban J connectivity index is 2.31. The molecule has 0 bridgehead atoms. The fraction of sp³-hybridized carbons (Fsp3) is 0.0909. The summed E-state index contributed by atoms with van der Waals surface area (Å²) in [4.78, 5) is 22.6. The van der Waals surface area contributed by atoms with Gasteiger partial charge in [0.25, 0.3) is 5.56 Å². The molecule has 0 saturated carbocycles. The number of anilines is 1. The third-order valence-electron chi connectivity index (χ3n) is 2.23. The molecule has 6 heteroatoms. The Morgan fingerprint density at radius 2 is 2.00 bits per heavy atom. The Labute approximate surface area is 97.2 Å². The summed E-state index contributed by atoms with van der Waals surface area (Å²) in [5, 5.41) is 7.42. The molecule has 0 saturated heterocycles. The Morgan fingerprint density at radius 1 is 1.29 bits per heavy atom. The van der Waals surface area contributed by atoms with Crippen LogP contribution in [0.2, 0.25) is 0 Å². The number of H-pyrrole nitrogens is 1. The number of carbonyl (C=O) groups is 1. The molecule has 0 aliphatic carbocycles. The van der Waals surface area contributed by atoms with Crippen molar-refractivity contribution in [3.05, 3.63) is 46.9 Å². The van der Waals surface area contributed by atoms with Crippen LogP contribution < -0.4 is 16.2 Å². The first kappa shape index (κ1) is 11.0. The molecule has 88 valence electrons. The summed E-state index contributed by atoms with van der Waals surface area (Å²) in [6.45, 7) is 0. The zero-order valence-electron chi connectivity index (χ0n) is 9.23. The molecule has 0 radical (unpaired) electrons. The van der Waals surface area contributed by atoms with E-state index in [9.17, 15) is 9.59 Å². The second kappa shape index (κ2) is 4.56. The number of nitrogens with zero attached hydrogens (tertiary/aromatic N) is 1. The minimum Gasteiger partial charge on any atom is -0.341 e. The molecule has 0 atom stereocenters. The van der Waals surface area contributed by atoms with Crippen LogP contribution in [0.3, 0.4) is 0 Å². The number of carbonyl (C=O) groups excluding carboxylic acids is 1. The van der Waals surface area contributed by atoms with Crippen LogP contribution in [0, 0.1) is 0 Å². The second-order valence-corrected chi connectivity index (χ2v) is 3.39. The molecule has 0 aliphatic rings. The Kier molecular flexibility index (Phi) is 2.95. The Morgan fingerprint density at radius 3 is 2.65 bits per heavy atom. The highest BCUT2D eigenvalue weighted by atomic mass is 16.2. The lowest BCUT2D eigenvalue weighted by atomic mass is 10.3. The van der Waals surface area contributed by atoms with Gasteiger partial charge >= 0.3 is 6.03 Å². The summed E-state index contributed by atoms with van der Waals surface area (Å²) >= 11 is 0. The maximum atomic E-state index is 11.5. The van der Waals surface area contributed by atoms with Crippen LogP contribution in [0.25, 0.3) is 5.69 Å². The van der Waals surface area contributed by atoms with Gasteiger partial charge in [0.1, 0.15) is 5.69 Å². The first-order valence-corrected chi connectivity index (χ1v) is 5.06. The summed E-state index contributed by atoms with van der Waals surface area (Å²) in [5.74, 6) is 0. The van der Waals surface area contributed by atoms with Gasteiger partial charge in [-0.15, -0.1) is 0 Å². The quantitative estimate of drug-likeness (QED) is 0.719. The lowest BCUT2D eigenvalue weighted by molar-refractivity contribution is 0.254. The first-order valence-electron chi connectivity index (χ1n) is 5.06. The van der Waals surface area contributed by atoms with E-state index >= 15 is 0 Å². The zero-order valence-corrected chi connectivity index (χ0v) is 9.23. The number of rotatable bonds is 2. The molecular weight excluding hydrogens is 220 g/mol. The highest BCUT2D eigenvalue weighted by Gasteiger charge is 2.07. The number of aromatic nitrogens is 2. The number of nitrogens with one attached hydrogen (secondary N) is 3. The normalized spacial score (nSPS) is 9.94. The number of amides is 2. The summed E-state index contributed by atoms with van der Waals surface area (Å²) in [5.41, 5.74) is 0.667. The van der Waals surface area contributed by atoms with Crippen molar-refractivity contribution in [1.29, 1.82) is 0 Å². The second-order valence-electron chi connectivity index (χ2n) is 3.39. The average molecular weight is 232 g/mol. The smallest absolute Gasteiger partial charge is 0.319 e. The van der Waals surface area contributed by atoms with Gasteiger partial charge in [-0.2, -0.15) is 0 Å². The molecule has 3 N–H and O–H groups in total. The van der Waals surface area contributed by atoms with Crippen LogP contribution in [0.4, 0.5) is 10.5 Å². The fourth-order valence-corrected chi connectivity index (χ4v) is 1.39. The van der Waals surface area contributed by atoms with Crippen molar-refractivity contribution >= 4 is 11.7 Å². The van der Waals surface area contributed by atoms with Crippen LogP contribution in [-0.4, -0.2) is 22.9 Å². The standard InChI is InChI=1S/C11H12N4O2/c1-12-11(17)13-9-7-15(14-10(9)16)8-5-3-2-4-6-8/h2-7H,1H3,(H,14,16)(H2,12,13,17). The van der Waals surface area contributed by atoms with Crippen molar-refractivity contribution in [2.75, 3.05) is 12.4 Å². The van der Waals surface area contributed by atoms with Crippen LogP contribution in [-0.2, 0) is 0 Å². The van der Waals surface area contributed by atoms with E-state index in [4.69, 9.17) is 0 Å². The molecule has 17 heavy (non-hydrogen) atoms. The van der Waals surface area contributed by atoms with Crippen molar-refractivity contribution in [1.82, 2.24) is 15.1 Å². The zero-order chi connectivity index (χ0) is 12.3. The predicted molar refractivity (Wildman–Crippen MR) is 64.5 cm³/mol. The lowest BCUT2D eigenvalue weighted by Crippen LogP contribution is -2.26. The highest BCUT2D eigenvalue weighted by Crippen LogP contribution is 2.07. The van der Waals surface area contributed by atoms with Gasteiger partial charge in [-0.05, 0) is 12.1 Å². The molecule has 1 aromatic carbocycles. The third kappa shape index (κ3) is 2.36. The van der Waals surface area contributed by atoms with Crippen molar-refractivity contribution in [2.45, 2.75) is 0 Å². The predicted octanol–water partition coefficient (Wildman–Crippen LogP) is 0.917. The molecule has 0 aliphatic heterocycles. The van der Waals surface area contributed by atoms with E-state index in [1.807, 2.05) is 30.3 Å². The van der Waals surface area contributed by atoms with Crippen molar-refractivity contribution < 1.29 is 4.79 Å². The minimum atomic E-state index is -0.429. The molecule has 2 rings (SSSR count). The van der Waals surface area contributed by atoms with Gasteiger partial charge in [0.15, 0.2) is 0 Å². The van der Waals surface area contributed by atoms with E-state index in [0.717, 1.165) is 5.69 Å². The molecule has 0 unspecified atom stereocenters. The van der Waals surface area contributed by atoms with Crippen molar-refractivity contribution in [3.8, 4) is 5.69 Å². The molecule has 6 nitrogen and oxygen atoms in total. The van der Waals surface area contributed by atoms with E-state index in [2.05, 4.69) is 15.7 Å². The van der Waals surface area contributed by atoms with E-state index in [0.29, 0.717) is 0 Å². The molecule has 1 aromatic heterocycles. The molecule has 1 heterocycles. The first-order chi connectivity index (χ1) is 8.20. The maximum absolute atomic E-state index is 11.5. The van der Waals surface area contributed by atoms with Gasteiger partial charge in [0.2, 0.25) is 0 Å². The van der Waals surface area contributed by atoms with Crippen molar-refractivity contribution in [3.63, 3.8) is 0 Å². The highest BCUT2D eigenvalue weighted by molar-refractivity contribution is 5.88. The number of aromatic amines is 1. The van der Waals surface area contributed by atoms with E-state index in [1.54, 1.807) is 4.68 Å². The van der Waals surface area contributed by atoms with Gasteiger partial charge in [-0.1, -0.05) is 18.2 Å². The number of benzene rings is 1.